The van der Waals surface area contributed by atoms with Gasteiger partial charge in [-0.2, -0.15) is 0 Å². The van der Waals surface area contributed by atoms with Crippen molar-refractivity contribution in [2.75, 3.05) is 0 Å². The summed E-state index contributed by atoms with van der Waals surface area (Å²) in [5.41, 5.74) is 1.96. The van der Waals surface area contributed by atoms with Crippen molar-refractivity contribution < 1.29 is 9.50 Å². The Morgan fingerprint density at radius 2 is 2.00 bits per heavy atom. The Bertz CT molecular complexity index is 550. The van der Waals surface area contributed by atoms with Crippen molar-refractivity contribution in [3.8, 4) is 0 Å². The zero-order chi connectivity index (χ0) is 12.6. The molecule has 0 amide bonds. The van der Waals surface area contributed by atoms with Crippen LogP contribution < -0.4 is 0 Å². The van der Waals surface area contributed by atoms with E-state index in [0.29, 0.717) is 11.1 Å². The van der Waals surface area contributed by atoms with Crippen molar-refractivity contribution in [2.45, 2.75) is 26.9 Å². The minimum absolute atomic E-state index is 0.291. The van der Waals surface area contributed by atoms with Crippen LogP contribution in [0.3, 0.4) is 0 Å². The molecule has 2 aromatic rings. The van der Waals surface area contributed by atoms with Crippen LogP contribution in [0, 0.1) is 26.6 Å². The lowest BCUT2D eigenvalue weighted by molar-refractivity contribution is 0.222. The highest BCUT2D eigenvalue weighted by atomic mass is 32.1. The fourth-order valence-corrected chi connectivity index (χ4v) is 2.67. The molecule has 0 aliphatic heterocycles. The van der Waals surface area contributed by atoms with Crippen LogP contribution in [0.2, 0.25) is 0 Å². The lowest BCUT2D eigenvalue weighted by Gasteiger charge is -2.10. The third-order valence-corrected chi connectivity index (χ3v) is 3.82. The molecule has 0 bridgehead atoms. The van der Waals surface area contributed by atoms with Gasteiger partial charge < -0.3 is 5.11 Å². The lowest BCUT2D eigenvalue weighted by Crippen LogP contribution is -2.00. The molecule has 1 aromatic heterocycles. The second-order valence-electron chi connectivity index (χ2n) is 4.09. The van der Waals surface area contributed by atoms with Crippen LogP contribution in [0.4, 0.5) is 4.39 Å². The molecule has 1 unspecified atom stereocenters. The zero-order valence-corrected chi connectivity index (χ0v) is 10.8. The lowest BCUT2D eigenvalue weighted by atomic mass is 10.1. The highest BCUT2D eigenvalue weighted by molar-refractivity contribution is 7.11. The first-order valence-corrected chi connectivity index (χ1v) is 6.18. The standard InChI is InChI=1S/C13H14FNOS/c1-7-4-5-10(6-11(7)14)12(16)13-8(2)15-9(3)17-13/h4-6,12,16H,1-3H3. The van der Waals surface area contributed by atoms with Crippen molar-refractivity contribution >= 4 is 11.3 Å². The Balaban J connectivity index is 2.40. The fraction of sp³-hybridized carbons (Fsp3) is 0.308. The minimum atomic E-state index is -0.795. The highest BCUT2D eigenvalue weighted by Crippen LogP contribution is 2.30. The van der Waals surface area contributed by atoms with Crippen molar-refractivity contribution in [3.05, 3.63) is 50.7 Å². The monoisotopic (exact) mass is 251 g/mol. The molecule has 0 saturated heterocycles. The van der Waals surface area contributed by atoms with Crippen LogP contribution in [-0.4, -0.2) is 10.1 Å². The molecule has 1 atom stereocenters. The first-order valence-electron chi connectivity index (χ1n) is 5.37. The molecule has 0 fully saturated rings. The third kappa shape index (κ3) is 2.37. The smallest absolute Gasteiger partial charge is 0.126 e. The second-order valence-corrected chi connectivity index (χ2v) is 5.33. The summed E-state index contributed by atoms with van der Waals surface area (Å²) in [6.07, 6.45) is -0.795. The molecular weight excluding hydrogens is 237 g/mol. The Morgan fingerprint density at radius 3 is 2.53 bits per heavy atom. The van der Waals surface area contributed by atoms with Crippen LogP contribution in [0.5, 0.6) is 0 Å². The number of benzene rings is 1. The van der Waals surface area contributed by atoms with Crippen LogP contribution in [0.15, 0.2) is 18.2 Å². The number of rotatable bonds is 2. The predicted octanol–water partition coefficient (Wildman–Crippen LogP) is 3.29. The van der Waals surface area contributed by atoms with Crippen LogP contribution in [-0.2, 0) is 0 Å². The van der Waals surface area contributed by atoms with Gasteiger partial charge >= 0.3 is 0 Å². The molecule has 0 aliphatic rings. The van der Waals surface area contributed by atoms with Gasteiger partial charge in [0.25, 0.3) is 0 Å². The van der Waals surface area contributed by atoms with Gasteiger partial charge in [-0.1, -0.05) is 12.1 Å². The Morgan fingerprint density at radius 1 is 1.29 bits per heavy atom. The molecule has 90 valence electrons. The molecule has 2 nitrogen and oxygen atoms in total. The number of aliphatic hydroxyl groups excluding tert-OH is 1. The zero-order valence-electron chi connectivity index (χ0n) is 9.99. The summed E-state index contributed by atoms with van der Waals surface area (Å²) >= 11 is 1.44. The van der Waals surface area contributed by atoms with E-state index in [9.17, 15) is 9.50 Å². The minimum Gasteiger partial charge on any atom is -0.383 e. The van der Waals surface area contributed by atoms with E-state index in [4.69, 9.17) is 0 Å². The topological polar surface area (TPSA) is 33.1 Å². The second kappa shape index (κ2) is 4.55. The molecule has 2 rings (SSSR count). The first kappa shape index (κ1) is 12.2. The fourth-order valence-electron chi connectivity index (χ4n) is 1.73. The van der Waals surface area contributed by atoms with Gasteiger partial charge in [-0.25, -0.2) is 9.37 Å². The van der Waals surface area contributed by atoms with E-state index in [1.807, 2.05) is 13.8 Å². The van der Waals surface area contributed by atoms with E-state index < -0.39 is 6.10 Å². The largest absolute Gasteiger partial charge is 0.383 e. The van der Waals surface area contributed by atoms with Crippen LogP contribution >= 0.6 is 11.3 Å². The number of aliphatic hydroxyl groups is 1. The summed E-state index contributed by atoms with van der Waals surface area (Å²) in [4.78, 5) is 5.05. The van der Waals surface area contributed by atoms with Crippen molar-refractivity contribution in [1.82, 2.24) is 4.98 Å². The van der Waals surface area contributed by atoms with Crippen molar-refractivity contribution in [3.63, 3.8) is 0 Å². The van der Waals surface area contributed by atoms with E-state index in [-0.39, 0.29) is 5.82 Å². The maximum absolute atomic E-state index is 13.4. The maximum Gasteiger partial charge on any atom is 0.126 e. The van der Waals surface area contributed by atoms with Gasteiger partial charge in [-0.15, -0.1) is 11.3 Å². The van der Waals surface area contributed by atoms with Gasteiger partial charge in [-0.05, 0) is 38.0 Å². The molecule has 0 radical (unpaired) electrons. The highest BCUT2D eigenvalue weighted by Gasteiger charge is 2.17. The summed E-state index contributed by atoms with van der Waals surface area (Å²) in [5.74, 6) is -0.291. The first-order chi connectivity index (χ1) is 7.99. The van der Waals surface area contributed by atoms with Gasteiger partial charge in [-0.3, -0.25) is 0 Å². The average molecular weight is 251 g/mol. The number of thiazole rings is 1. The van der Waals surface area contributed by atoms with Gasteiger partial charge in [0.05, 0.1) is 15.6 Å². The summed E-state index contributed by atoms with van der Waals surface area (Å²) in [6, 6.07) is 4.81. The number of nitrogens with zero attached hydrogens (tertiary/aromatic N) is 1. The van der Waals surface area contributed by atoms with E-state index in [1.54, 1.807) is 19.1 Å². The average Bonchev–Trinajstić information content (AvgIpc) is 2.61. The van der Waals surface area contributed by atoms with Crippen molar-refractivity contribution in [2.24, 2.45) is 0 Å². The molecule has 17 heavy (non-hydrogen) atoms. The Hall–Kier alpha value is -1.26. The SMILES string of the molecule is Cc1nc(C)c(C(O)c2ccc(C)c(F)c2)s1. The summed E-state index contributed by atoms with van der Waals surface area (Å²) in [6.45, 7) is 5.45. The molecule has 0 saturated carbocycles. The molecule has 4 heteroatoms. The molecule has 1 heterocycles. The Kier molecular flexibility index (Phi) is 3.26. The van der Waals surface area contributed by atoms with Gasteiger partial charge in [0.15, 0.2) is 0 Å². The number of aromatic nitrogens is 1. The number of halogens is 1. The number of aryl methyl sites for hydroxylation is 3. The normalized spacial score (nSPS) is 12.8. The Labute approximate surface area is 104 Å². The quantitative estimate of drug-likeness (QED) is 0.888. The van der Waals surface area contributed by atoms with Gasteiger partial charge in [0.2, 0.25) is 0 Å². The van der Waals surface area contributed by atoms with Crippen molar-refractivity contribution in [1.29, 1.82) is 0 Å². The number of hydrogen-bond acceptors (Lipinski definition) is 3. The molecule has 0 spiro atoms. The predicted molar refractivity (Wildman–Crippen MR) is 66.8 cm³/mol. The van der Waals surface area contributed by atoms with E-state index in [1.165, 1.54) is 17.4 Å². The van der Waals surface area contributed by atoms with Gasteiger partial charge in [0.1, 0.15) is 11.9 Å². The summed E-state index contributed by atoms with van der Waals surface area (Å²) in [5, 5.41) is 11.1. The third-order valence-electron chi connectivity index (χ3n) is 2.70. The molecular formula is C13H14FNOS. The van der Waals surface area contributed by atoms with Crippen LogP contribution in [0.1, 0.15) is 32.8 Å². The molecule has 1 aromatic carbocycles. The van der Waals surface area contributed by atoms with E-state index in [0.717, 1.165) is 15.6 Å². The van der Waals surface area contributed by atoms with E-state index >= 15 is 0 Å². The maximum atomic E-state index is 13.4. The summed E-state index contributed by atoms with van der Waals surface area (Å²) < 4.78 is 13.4. The molecule has 1 N–H and O–H groups in total. The van der Waals surface area contributed by atoms with E-state index in [2.05, 4.69) is 4.98 Å². The van der Waals surface area contributed by atoms with Crippen LogP contribution in [0.25, 0.3) is 0 Å². The van der Waals surface area contributed by atoms with Gasteiger partial charge in [0, 0.05) is 0 Å². The number of hydrogen-bond donors (Lipinski definition) is 1. The summed E-state index contributed by atoms with van der Waals surface area (Å²) in [7, 11) is 0. The molecule has 0 aliphatic carbocycles.